The molecule has 0 fully saturated rings. The average Bonchev–Trinajstić information content (AvgIpc) is 3.04. The molecule has 0 saturated carbocycles. The number of carbonyl (C=O) groups is 1. The van der Waals surface area contributed by atoms with E-state index in [1.54, 1.807) is 45.2 Å². The summed E-state index contributed by atoms with van der Waals surface area (Å²) in [4.78, 5) is 13.9. The molecule has 0 radical (unpaired) electrons. The average molecular weight is 359 g/mol. The fourth-order valence-corrected chi connectivity index (χ4v) is 4.15. The third kappa shape index (κ3) is 3.54. The van der Waals surface area contributed by atoms with Crippen molar-refractivity contribution in [2.75, 3.05) is 26.6 Å². The molecule has 5 nitrogen and oxygen atoms in total. The molecule has 6 heteroatoms. The summed E-state index contributed by atoms with van der Waals surface area (Å²) in [6, 6.07) is 9.78. The summed E-state index contributed by atoms with van der Waals surface area (Å²) in [6.07, 6.45) is 0.733. The number of nitrogens with one attached hydrogen (secondary N) is 1. The molecule has 0 aliphatic carbocycles. The van der Waals surface area contributed by atoms with Crippen LogP contribution in [0.1, 0.15) is 11.1 Å². The largest absolute Gasteiger partial charge is 0.493 e. The van der Waals surface area contributed by atoms with Crippen molar-refractivity contribution in [1.82, 2.24) is 0 Å². The van der Waals surface area contributed by atoms with Crippen molar-refractivity contribution in [3.05, 3.63) is 41.5 Å². The molecule has 0 unspecified atom stereocenters. The van der Waals surface area contributed by atoms with Gasteiger partial charge in [-0.1, -0.05) is 17.7 Å². The van der Waals surface area contributed by atoms with Gasteiger partial charge in [0.25, 0.3) is 0 Å². The Morgan fingerprint density at radius 2 is 1.76 bits per heavy atom. The standard InChI is InChI=1S/C19H21NO4S/c1-11-5-6-12-8-17(25-16(12)7-11)19(21)20-13-9-14(22-2)18(24-4)15(10-13)23-3/h5-7,9-10,17H,8H2,1-4H3,(H,20,21)/t17-/m0/s1. The van der Waals surface area contributed by atoms with Crippen LogP contribution in [0.3, 0.4) is 0 Å². The summed E-state index contributed by atoms with van der Waals surface area (Å²) < 4.78 is 16.0. The first-order valence-corrected chi connectivity index (χ1v) is 8.80. The molecule has 25 heavy (non-hydrogen) atoms. The van der Waals surface area contributed by atoms with Gasteiger partial charge in [-0.05, 0) is 25.0 Å². The molecule has 3 rings (SSSR count). The molecule has 0 spiro atoms. The van der Waals surface area contributed by atoms with Gasteiger partial charge in [0.2, 0.25) is 11.7 Å². The Hall–Kier alpha value is -2.34. The highest BCUT2D eigenvalue weighted by molar-refractivity contribution is 8.01. The van der Waals surface area contributed by atoms with Crippen molar-refractivity contribution >= 4 is 23.4 Å². The van der Waals surface area contributed by atoms with Crippen LogP contribution >= 0.6 is 11.8 Å². The van der Waals surface area contributed by atoms with Gasteiger partial charge < -0.3 is 19.5 Å². The minimum Gasteiger partial charge on any atom is -0.493 e. The molecule has 132 valence electrons. The van der Waals surface area contributed by atoms with Crippen LogP contribution in [0.5, 0.6) is 17.2 Å². The summed E-state index contributed by atoms with van der Waals surface area (Å²) in [7, 11) is 4.65. The van der Waals surface area contributed by atoms with Crippen molar-refractivity contribution in [2.24, 2.45) is 0 Å². The van der Waals surface area contributed by atoms with Crippen molar-refractivity contribution < 1.29 is 19.0 Å². The van der Waals surface area contributed by atoms with E-state index in [9.17, 15) is 4.79 Å². The third-order valence-electron chi connectivity index (χ3n) is 4.12. The Balaban J connectivity index is 1.78. The van der Waals surface area contributed by atoms with Gasteiger partial charge in [-0.25, -0.2) is 0 Å². The number of hydrogen-bond acceptors (Lipinski definition) is 5. The number of anilines is 1. The smallest absolute Gasteiger partial charge is 0.238 e. The summed E-state index contributed by atoms with van der Waals surface area (Å²) in [6.45, 7) is 2.06. The predicted molar refractivity (Wildman–Crippen MR) is 99.3 cm³/mol. The summed E-state index contributed by atoms with van der Waals surface area (Å²) in [5, 5.41) is 2.82. The van der Waals surface area contributed by atoms with Crippen LogP contribution < -0.4 is 19.5 Å². The number of thioether (sulfide) groups is 1. The second-order valence-corrected chi connectivity index (χ2v) is 7.07. The summed E-state index contributed by atoms with van der Waals surface area (Å²) in [5.41, 5.74) is 3.05. The third-order valence-corrected chi connectivity index (χ3v) is 5.42. The van der Waals surface area contributed by atoms with E-state index >= 15 is 0 Å². The Morgan fingerprint density at radius 1 is 1.08 bits per heavy atom. The van der Waals surface area contributed by atoms with Gasteiger partial charge in [0.1, 0.15) is 0 Å². The minimum atomic E-state index is -0.143. The first-order chi connectivity index (χ1) is 12.0. The molecule has 1 heterocycles. The van der Waals surface area contributed by atoms with Gasteiger partial charge in [0.05, 0.1) is 26.6 Å². The Kier molecular flexibility index (Phi) is 5.08. The second-order valence-electron chi connectivity index (χ2n) is 5.83. The van der Waals surface area contributed by atoms with E-state index in [0.29, 0.717) is 22.9 Å². The van der Waals surface area contributed by atoms with Crippen LogP contribution in [0.4, 0.5) is 5.69 Å². The predicted octanol–water partition coefficient (Wildman–Crippen LogP) is 3.68. The topological polar surface area (TPSA) is 56.8 Å². The number of methoxy groups -OCH3 is 3. The number of benzene rings is 2. The lowest BCUT2D eigenvalue weighted by molar-refractivity contribution is -0.115. The Labute approximate surface area is 151 Å². The minimum absolute atomic E-state index is 0.0341. The second kappa shape index (κ2) is 7.27. The van der Waals surface area contributed by atoms with Gasteiger partial charge in [-0.15, -0.1) is 11.8 Å². The van der Waals surface area contributed by atoms with Gasteiger partial charge in [-0.2, -0.15) is 0 Å². The van der Waals surface area contributed by atoms with Crippen LogP contribution in [0.15, 0.2) is 35.2 Å². The highest BCUT2D eigenvalue weighted by atomic mass is 32.2. The zero-order valence-corrected chi connectivity index (χ0v) is 15.5. The van der Waals surface area contributed by atoms with E-state index in [4.69, 9.17) is 14.2 Å². The number of amides is 1. The molecule has 2 aromatic carbocycles. The zero-order valence-electron chi connectivity index (χ0n) is 14.7. The number of hydrogen-bond donors (Lipinski definition) is 1. The fourth-order valence-electron chi connectivity index (χ4n) is 2.86. The SMILES string of the molecule is COc1cc(NC(=O)[C@@H]2Cc3ccc(C)cc3S2)cc(OC)c1OC. The molecular weight excluding hydrogens is 338 g/mol. The van der Waals surface area contributed by atoms with E-state index in [1.165, 1.54) is 16.0 Å². The lowest BCUT2D eigenvalue weighted by Gasteiger charge is -2.15. The van der Waals surface area contributed by atoms with Crippen molar-refractivity contribution in [3.8, 4) is 17.2 Å². The van der Waals surface area contributed by atoms with E-state index in [-0.39, 0.29) is 11.2 Å². The molecule has 1 N–H and O–H groups in total. The molecule has 1 amide bonds. The molecular formula is C19H21NO4S. The number of aryl methyl sites for hydroxylation is 1. The van der Waals surface area contributed by atoms with Crippen LogP contribution in [-0.2, 0) is 11.2 Å². The lowest BCUT2D eigenvalue weighted by Crippen LogP contribution is -2.24. The number of fused-ring (bicyclic) bond motifs is 1. The lowest BCUT2D eigenvalue weighted by atomic mass is 10.1. The molecule has 2 aromatic rings. The van der Waals surface area contributed by atoms with Crippen LogP contribution in [0.25, 0.3) is 0 Å². The molecule has 0 bridgehead atoms. The van der Waals surface area contributed by atoms with Gasteiger partial charge in [-0.3, -0.25) is 4.79 Å². The maximum atomic E-state index is 12.7. The molecule has 1 atom stereocenters. The normalized spacial score (nSPS) is 15.4. The fraction of sp³-hybridized carbons (Fsp3) is 0.316. The van der Waals surface area contributed by atoms with Crippen molar-refractivity contribution in [3.63, 3.8) is 0 Å². The van der Waals surface area contributed by atoms with E-state index < -0.39 is 0 Å². The number of carbonyl (C=O) groups excluding carboxylic acids is 1. The Bertz CT molecular complexity index is 781. The summed E-state index contributed by atoms with van der Waals surface area (Å²) in [5.74, 6) is 1.49. The van der Waals surface area contributed by atoms with Crippen LogP contribution in [0, 0.1) is 6.92 Å². The molecule has 0 aromatic heterocycles. The maximum Gasteiger partial charge on any atom is 0.238 e. The Morgan fingerprint density at radius 3 is 2.36 bits per heavy atom. The van der Waals surface area contributed by atoms with Gasteiger partial charge in [0, 0.05) is 22.7 Å². The van der Waals surface area contributed by atoms with E-state index in [2.05, 4.69) is 30.4 Å². The van der Waals surface area contributed by atoms with E-state index in [0.717, 1.165) is 6.42 Å². The van der Waals surface area contributed by atoms with Crippen LogP contribution in [-0.4, -0.2) is 32.5 Å². The highest BCUT2D eigenvalue weighted by Gasteiger charge is 2.28. The van der Waals surface area contributed by atoms with Crippen molar-refractivity contribution in [2.45, 2.75) is 23.5 Å². The van der Waals surface area contributed by atoms with E-state index in [1.807, 2.05) is 0 Å². The van der Waals surface area contributed by atoms with Gasteiger partial charge >= 0.3 is 0 Å². The molecule has 0 saturated heterocycles. The monoisotopic (exact) mass is 359 g/mol. The molecule has 1 aliphatic rings. The quantitative estimate of drug-likeness (QED) is 0.883. The summed E-state index contributed by atoms with van der Waals surface area (Å²) >= 11 is 1.61. The highest BCUT2D eigenvalue weighted by Crippen LogP contribution is 2.41. The maximum absolute atomic E-state index is 12.7. The number of ether oxygens (including phenoxy) is 3. The zero-order chi connectivity index (χ0) is 18.0. The first kappa shape index (κ1) is 17.5. The van der Waals surface area contributed by atoms with Crippen molar-refractivity contribution in [1.29, 1.82) is 0 Å². The number of rotatable bonds is 5. The first-order valence-electron chi connectivity index (χ1n) is 7.92. The molecule has 1 aliphatic heterocycles. The van der Waals surface area contributed by atoms with Crippen LogP contribution in [0.2, 0.25) is 0 Å². The van der Waals surface area contributed by atoms with Gasteiger partial charge in [0.15, 0.2) is 11.5 Å².